The Labute approximate surface area is 166 Å². The number of carbonyl (C=O) groups is 2. The Morgan fingerprint density at radius 3 is 2.59 bits per heavy atom. The zero-order valence-electron chi connectivity index (χ0n) is 16.8. The molecule has 4 atom stereocenters. The first-order valence-electron chi connectivity index (χ1n) is 10.5. The summed E-state index contributed by atoms with van der Waals surface area (Å²) in [4.78, 5) is 26.4. The van der Waals surface area contributed by atoms with Gasteiger partial charge in [-0.05, 0) is 67.3 Å². The average molecular weight is 389 g/mol. The summed E-state index contributed by atoms with van der Waals surface area (Å²) < 4.78 is 0. The van der Waals surface area contributed by atoms with Crippen LogP contribution in [0.15, 0.2) is 0 Å². The molecule has 1 heterocycles. The smallest absolute Gasteiger partial charge is 0.251 e. The fourth-order valence-electron chi connectivity index (χ4n) is 5.66. The molecule has 0 spiro atoms. The molecule has 27 heavy (non-hydrogen) atoms. The summed E-state index contributed by atoms with van der Waals surface area (Å²) >= 11 is 1.60. The summed E-state index contributed by atoms with van der Waals surface area (Å²) in [5, 5.41) is 3.83. The Bertz CT molecular complexity index is 767. The lowest BCUT2D eigenvalue weighted by Gasteiger charge is -2.36. The van der Waals surface area contributed by atoms with E-state index in [1.807, 2.05) is 0 Å². The van der Waals surface area contributed by atoms with Crippen LogP contribution < -0.4 is 11.1 Å². The predicted molar refractivity (Wildman–Crippen MR) is 110 cm³/mol. The van der Waals surface area contributed by atoms with Crippen molar-refractivity contribution in [1.82, 2.24) is 0 Å². The Balaban J connectivity index is 1.57. The quantitative estimate of drug-likeness (QED) is 0.763. The second-order valence-electron chi connectivity index (χ2n) is 9.62. The number of anilines is 1. The van der Waals surface area contributed by atoms with Gasteiger partial charge in [-0.25, -0.2) is 0 Å². The number of nitrogens with one attached hydrogen (secondary N) is 1. The van der Waals surface area contributed by atoms with Crippen molar-refractivity contribution < 1.29 is 9.59 Å². The van der Waals surface area contributed by atoms with Gasteiger partial charge in [0.1, 0.15) is 5.00 Å². The van der Waals surface area contributed by atoms with Crippen molar-refractivity contribution in [3.8, 4) is 0 Å². The zero-order chi connectivity index (χ0) is 19.3. The van der Waals surface area contributed by atoms with E-state index in [1.54, 1.807) is 11.3 Å². The fraction of sp³-hybridized carbons (Fsp3) is 0.727. The minimum absolute atomic E-state index is 0.105. The molecule has 0 aromatic carbocycles. The van der Waals surface area contributed by atoms with Crippen LogP contribution >= 0.6 is 11.3 Å². The monoisotopic (exact) mass is 388 g/mol. The molecule has 0 saturated heterocycles. The Morgan fingerprint density at radius 1 is 1.22 bits per heavy atom. The number of primary amides is 1. The van der Waals surface area contributed by atoms with Crippen LogP contribution in [0.1, 0.15) is 80.1 Å². The van der Waals surface area contributed by atoms with Crippen LogP contribution in [-0.2, 0) is 17.6 Å². The van der Waals surface area contributed by atoms with Gasteiger partial charge < -0.3 is 11.1 Å². The van der Waals surface area contributed by atoms with Gasteiger partial charge in [0.15, 0.2) is 0 Å². The van der Waals surface area contributed by atoms with Crippen molar-refractivity contribution in [1.29, 1.82) is 0 Å². The second-order valence-corrected chi connectivity index (χ2v) is 10.7. The molecule has 1 aromatic heterocycles. The summed E-state index contributed by atoms with van der Waals surface area (Å²) in [5.74, 6) is 1.71. The lowest BCUT2D eigenvalue weighted by atomic mass is 9.69. The third kappa shape index (κ3) is 3.32. The van der Waals surface area contributed by atoms with Crippen molar-refractivity contribution in [2.75, 3.05) is 5.32 Å². The maximum absolute atomic E-state index is 12.9. The van der Waals surface area contributed by atoms with Gasteiger partial charge in [-0.1, -0.05) is 33.6 Å². The molecule has 3 aliphatic carbocycles. The Hall–Kier alpha value is -1.36. The highest BCUT2D eigenvalue weighted by Crippen LogP contribution is 2.49. The lowest BCUT2D eigenvalue weighted by molar-refractivity contribution is -0.121. The number of hydrogen-bond acceptors (Lipinski definition) is 3. The third-order valence-electron chi connectivity index (χ3n) is 7.84. The summed E-state index contributed by atoms with van der Waals surface area (Å²) in [6.07, 6.45) is 8.80. The Kier molecular flexibility index (Phi) is 4.86. The van der Waals surface area contributed by atoms with Crippen molar-refractivity contribution >= 4 is 28.2 Å². The van der Waals surface area contributed by atoms with Crippen molar-refractivity contribution in [3.63, 3.8) is 0 Å². The van der Waals surface area contributed by atoms with Crippen molar-refractivity contribution in [2.45, 2.75) is 72.1 Å². The number of rotatable bonds is 5. The van der Waals surface area contributed by atoms with Gasteiger partial charge in [-0.15, -0.1) is 11.3 Å². The minimum Gasteiger partial charge on any atom is -0.365 e. The zero-order valence-corrected chi connectivity index (χ0v) is 17.6. The maximum atomic E-state index is 12.9. The van der Waals surface area contributed by atoms with Gasteiger partial charge in [0.05, 0.1) is 5.56 Å². The largest absolute Gasteiger partial charge is 0.365 e. The second kappa shape index (κ2) is 6.91. The molecule has 2 saturated carbocycles. The molecule has 4 rings (SSSR count). The maximum Gasteiger partial charge on any atom is 0.251 e. The first-order valence-corrected chi connectivity index (χ1v) is 11.4. The van der Waals surface area contributed by atoms with Crippen LogP contribution in [0.25, 0.3) is 0 Å². The molecule has 4 nitrogen and oxygen atoms in total. The van der Waals surface area contributed by atoms with Crippen molar-refractivity contribution in [3.05, 3.63) is 16.0 Å². The highest BCUT2D eigenvalue weighted by Gasteiger charge is 2.43. The van der Waals surface area contributed by atoms with E-state index in [0.717, 1.165) is 43.6 Å². The third-order valence-corrected chi connectivity index (χ3v) is 9.01. The van der Waals surface area contributed by atoms with E-state index in [-0.39, 0.29) is 11.8 Å². The standard InChI is InChI=1S/C22H32N2O2S/c1-4-22(2,3)14-7-8-15-17(11-14)27-21(18(15)19(23)25)24-20(26)16-10-12-5-6-13(16)9-12/h12-14,16H,4-11H2,1-3H3,(H2,23,25)(H,24,26)/t12-,13-,14-,16-/m1/s1. The Morgan fingerprint density at radius 2 is 2.00 bits per heavy atom. The van der Waals surface area contributed by atoms with E-state index in [9.17, 15) is 9.59 Å². The summed E-state index contributed by atoms with van der Waals surface area (Å²) in [7, 11) is 0. The molecule has 3 aliphatic rings. The molecule has 0 aliphatic heterocycles. The van der Waals surface area contributed by atoms with Crippen LogP contribution in [0.2, 0.25) is 0 Å². The van der Waals surface area contributed by atoms with E-state index in [2.05, 4.69) is 26.1 Å². The van der Waals surface area contributed by atoms with Gasteiger partial charge >= 0.3 is 0 Å². The van der Waals surface area contributed by atoms with Crippen molar-refractivity contribution in [2.24, 2.45) is 34.8 Å². The van der Waals surface area contributed by atoms with Crippen LogP contribution in [0, 0.1) is 29.1 Å². The summed E-state index contributed by atoms with van der Waals surface area (Å²) in [6.45, 7) is 6.92. The molecule has 0 radical (unpaired) electrons. The molecule has 1 aromatic rings. The van der Waals surface area contributed by atoms with E-state index >= 15 is 0 Å². The van der Waals surface area contributed by atoms with Gasteiger partial charge in [-0.2, -0.15) is 0 Å². The number of fused-ring (bicyclic) bond motifs is 3. The molecule has 148 valence electrons. The van der Waals surface area contributed by atoms with Crippen LogP contribution in [0.5, 0.6) is 0 Å². The predicted octanol–water partition coefficient (Wildman–Crippen LogP) is 4.76. The molecule has 2 bridgehead atoms. The first kappa shape index (κ1) is 19.0. The molecule has 2 fully saturated rings. The number of carbonyl (C=O) groups excluding carboxylic acids is 2. The number of amides is 2. The normalized spacial score (nSPS) is 29.6. The van der Waals surface area contributed by atoms with E-state index in [0.29, 0.717) is 27.8 Å². The lowest BCUT2D eigenvalue weighted by Crippen LogP contribution is -2.29. The van der Waals surface area contributed by atoms with E-state index in [4.69, 9.17) is 5.73 Å². The van der Waals surface area contributed by atoms with Gasteiger partial charge in [0.2, 0.25) is 5.91 Å². The summed E-state index contributed by atoms with van der Waals surface area (Å²) in [6, 6.07) is 0. The van der Waals surface area contributed by atoms with Gasteiger partial charge in [0, 0.05) is 10.8 Å². The van der Waals surface area contributed by atoms with Gasteiger partial charge in [-0.3, -0.25) is 9.59 Å². The minimum atomic E-state index is -0.399. The van der Waals surface area contributed by atoms with E-state index < -0.39 is 5.91 Å². The number of nitrogens with two attached hydrogens (primary N) is 1. The number of thiophene rings is 1. The molecule has 5 heteroatoms. The molecular weight excluding hydrogens is 356 g/mol. The fourth-order valence-corrected chi connectivity index (χ4v) is 7.00. The highest BCUT2D eigenvalue weighted by molar-refractivity contribution is 7.17. The SMILES string of the molecule is CCC(C)(C)[C@@H]1CCc2c(sc(NC(=O)[C@@H]3C[C@@H]4CC[C@@H]3C4)c2C(N)=O)C1. The van der Waals surface area contributed by atoms with Crippen LogP contribution in [0.3, 0.4) is 0 Å². The summed E-state index contributed by atoms with van der Waals surface area (Å²) in [5.41, 5.74) is 7.71. The van der Waals surface area contributed by atoms with Crippen LogP contribution in [-0.4, -0.2) is 11.8 Å². The highest BCUT2D eigenvalue weighted by atomic mass is 32.1. The molecule has 2 amide bonds. The first-order chi connectivity index (χ1) is 12.8. The van der Waals surface area contributed by atoms with E-state index in [1.165, 1.54) is 24.1 Å². The average Bonchev–Trinajstić information content (AvgIpc) is 3.34. The molecular formula is C22H32N2O2S. The van der Waals surface area contributed by atoms with Crippen LogP contribution in [0.4, 0.5) is 5.00 Å². The van der Waals surface area contributed by atoms with Gasteiger partial charge in [0.25, 0.3) is 5.91 Å². The molecule has 0 unspecified atom stereocenters. The topological polar surface area (TPSA) is 72.2 Å². The molecule has 3 N–H and O–H groups in total. The number of hydrogen-bond donors (Lipinski definition) is 2.